The molecule has 1 aromatic carbocycles. The number of allylic oxidation sites excluding steroid dienone is 1. The zero-order chi connectivity index (χ0) is 15.5. The average Bonchev–Trinajstić information content (AvgIpc) is 3.10. The number of aromatic nitrogens is 1. The fourth-order valence-electron chi connectivity index (χ4n) is 3.85. The van der Waals surface area contributed by atoms with E-state index >= 15 is 0 Å². The van der Waals surface area contributed by atoms with E-state index in [-0.39, 0.29) is 17.8 Å². The van der Waals surface area contributed by atoms with Gasteiger partial charge in [0.05, 0.1) is 11.5 Å². The van der Waals surface area contributed by atoms with E-state index in [1.165, 1.54) is 23.5 Å². The van der Waals surface area contributed by atoms with Crippen molar-refractivity contribution < 1.29 is 9.18 Å². The zero-order valence-electron chi connectivity index (χ0n) is 12.6. The largest absolute Gasteiger partial charge is 0.342 e. The van der Waals surface area contributed by atoms with Crippen LogP contribution in [0.25, 0.3) is 0 Å². The number of hydrogen-bond acceptors (Lipinski definition) is 1. The number of halogens is 1. The molecule has 1 spiro atoms. The van der Waals surface area contributed by atoms with Gasteiger partial charge in [-0.15, -0.1) is 0 Å². The van der Waals surface area contributed by atoms with Crippen molar-refractivity contribution in [2.24, 2.45) is 0 Å². The number of nitrogens with zero attached hydrogens (tertiary/aromatic N) is 1. The predicted octanol–water partition coefficient (Wildman–Crippen LogP) is 3.64. The van der Waals surface area contributed by atoms with Gasteiger partial charge in [0.2, 0.25) is 5.91 Å². The van der Waals surface area contributed by atoms with Crippen LogP contribution in [-0.4, -0.2) is 10.5 Å². The molecule has 0 saturated carbocycles. The van der Waals surface area contributed by atoms with Crippen LogP contribution in [0.1, 0.15) is 29.4 Å². The van der Waals surface area contributed by atoms with Gasteiger partial charge in [0.25, 0.3) is 0 Å². The van der Waals surface area contributed by atoms with Crippen LogP contribution in [0.4, 0.5) is 10.1 Å². The van der Waals surface area contributed by atoms with Crippen molar-refractivity contribution >= 4 is 11.6 Å². The molecule has 1 aromatic heterocycles. The van der Waals surface area contributed by atoms with Gasteiger partial charge < -0.3 is 9.88 Å². The first-order chi connectivity index (χ1) is 10.5. The Bertz CT molecular complexity index is 801. The third-order valence-corrected chi connectivity index (χ3v) is 4.91. The van der Waals surface area contributed by atoms with Gasteiger partial charge in [-0.2, -0.15) is 0 Å². The number of fused-ring (bicyclic) bond motifs is 2. The molecule has 2 atom stereocenters. The first-order valence-electron chi connectivity index (χ1n) is 7.46. The fraction of sp³-hybridized carbons (Fsp3) is 0.278. The maximum atomic E-state index is 13.4. The van der Waals surface area contributed by atoms with E-state index in [0.717, 1.165) is 5.56 Å². The molecular formula is C18H17FN2O. The van der Waals surface area contributed by atoms with Crippen LogP contribution in [0.2, 0.25) is 0 Å². The van der Waals surface area contributed by atoms with Crippen LogP contribution in [0.3, 0.4) is 0 Å². The molecule has 0 saturated heterocycles. The van der Waals surface area contributed by atoms with Crippen LogP contribution in [0, 0.1) is 19.7 Å². The van der Waals surface area contributed by atoms with Crippen LogP contribution in [0.15, 0.2) is 42.5 Å². The molecule has 1 amide bonds. The minimum atomic E-state index is -0.670. The lowest BCUT2D eigenvalue weighted by Gasteiger charge is -2.23. The minimum absolute atomic E-state index is 0.0608. The number of amides is 1. The smallest absolute Gasteiger partial charge is 0.239 e. The number of benzene rings is 1. The molecule has 0 unspecified atom stereocenters. The zero-order valence-corrected chi connectivity index (χ0v) is 12.6. The summed E-state index contributed by atoms with van der Waals surface area (Å²) in [6, 6.07) is 8.88. The van der Waals surface area contributed by atoms with Crippen molar-refractivity contribution in [3.8, 4) is 0 Å². The first kappa shape index (κ1) is 13.3. The van der Waals surface area contributed by atoms with Gasteiger partial charge in [-0.1, -0.05) is 18.2 Å². The summed E-state index contributed by atoms with van der Waals surface area (Å²) in [6.45, 7) is 4.15. The highest BCUT2D eigenvalue weighted by Gasteiger charge is 2.49. The Kier molecular flexibility index (Phi) is 2.61. The molecule has 0 bridgehead atoms. The van der Waals surface area contributed by atoms with E-state index < -0.39 is 5.41 Å². The van der Waals surface area contributed by atoms with E-state index in [1.807, 2.05) is 6.08 Å². The normalized spacial score (nSPS) is 25.8. The predicted molar refractivity (Wildman–Crippen MR) is 83.4 cm³/mol. The second-order valence-corrected chi connectivity index (χ2v) is 6.23. The van der Waals surface area contributed by atoms with Crippen LogP contribution in [-0.2, 0) is 10.2 Å². The van der Waals surface area contributed by atoms with Gasteiger partial charge in [-0.3, -0.25) is 4.79 Å². The van der Waals surface area contributed by atoms with Crippen LogP contribution in [0.5, 0.6) is 0 Å². The highest BCUT2D eigenvalue weighted by Crippen LogP contribution is 2.48. The van der Waals surface area contributed by atoms with Crippen molar-refractivity contribution in [2.75, 3.05) is 5.32 Å². The van der Waals surface area contributed by atoms with Gasteiger partial charge in [-0.05, 0) is 50.1 Å². The topological polar surface area (TPSA) is 34.0 Å². The van der Waals surface area contributed by atoms with Gasteiger partial charge in [0, 0.05) is 17.1 Å². The molecule has 0 radical (unpaired) electrons. The molecule has 4 rings (SSSR count). The van der Waals surface area contributed by atoms with Gasteiger partial charge in [0.1, 0.15) is 5.82 Å². The Labute approximate surface area is 128 Å². The van der Waals surface area contributed by atoms with Gasteiger partial charge >= 0.3 is 0 Å². The van der Waals surface area contributed by atoms with Crippen LogP contribution >= 0.6 is 0 Å². The molecule has 2 heterocycles. The van der Waals surface area contributed by atoms with Crippen molar-refractivity contribution in [3.05, 3.63) is 65.3 Å². The molecule has 2 aliphatic rings. The Morgan fingerprint density at radius 2 is 1.95 bits per heavy atom. The average molecular weight is 296 g/mol. The van der Waals surface area contributed by atoms with E-state index in [2.05, 4.69) is 41.9 Å². The number of aryl methyl sites for hydroxylation is 2. The first-order valence-corrected chi connectivity index (χ1v) is 7.46. The van der Waals surface area contributed by atoms with Crippen molar-refractivity contribution in [3.63, 3.8) is 0 Å². The molecule has 1 aliphatic carbocycles. The van der Waals surface area contributed by atoms with E-state index in [9.17, 15) is 9.18 Å². The Balaban J connectivity index is 1.77. The third-order valence-electron chi connectivity index (χ3n) is 4.91. The lowest BCUT2D eigenvalue weighted by molar-refractivity contribution is -0.119. The molecule has 2 aromatic rings. The number of carbonyl (C=O) groups excluding carboxylic acids is 1. The summed E-state index contributed by atoms with van der Waals surface area (Å²) in [4.78, 5) is 12.6. The number of rotatable bonds is 1. The maximum Gasteiger partial charge on any atom is 0.239 e. The lowest BCUT2D eigenvalue weighted by atomic mass is 9.80. The third kappa shape index (κ3) is 1.64. The molecule has 1 N–H and O–H groups in total. The highest BCUT2D eigenvalue weighted by atomic mass is 19.1. The fourth-order valence-corrected chi connectivity index (χ4v) is 3.85. The summed E-state index contributed by atoms with van der Waals surface area (Å²) in [5.41, 5.74) is 3.16. The second-order valence-electron chi connectivity index (χ2n) is 6.23. The number of anilines is 1. The SMILES string of the molecule is Cc1ccc(C)n1[C@@H]1C=C[C@@]2(C1)C(=O)Nc1cc(F)ccc12. The van der Waals surface area contributed by atoms with E-state index in [1.54, 1.807) is 6.07 Å². The van der Waals surface area contributed by atoms with Gasteiger partial charge in [-0.25, -0.2) is 4.39 Å². The molecule has 22 heavy (non-hydrogen) atoms. The Morgan fingerprint density at radius 1 is 1.23 bits per heavy atom. The molecule has 112 valence electrons. The molecule has 4 heteroatoms. The monoisotopic (exact) mass is 296 g/mol. The quantitative estimate of drug-likeness (QED) is 0.801. The standard InChI is InChI=1S/C18H17FN2O/c1-11-3-4-12(2)21(11)14-7-8-18(10-14)15-6-5-13(19)9-16(15)20-17(18)22/h3-9,14H,10H2,1-2H3,(H,20,22)/t14-,18+/m1/s1. The maximum absolute atomic E-state index is 13.4. The highest BCUT2D eigenvalue weighted by molar-refractivity contribution is 6.08. The molecular weight excluding hydrogens is 279 g/mol. The molecule has 0 fully saturated rings. The summed E-state index contributed by atoms with van der Waals surface area (Å²) < 4.78 is 15.6. The second kappa shape index (κ2) is 4.32. The van der Waals surface area contributed by atoms with E-state index in [4.69, 9.17) is 0 Å². The van der Waals surface area contributed by atoms with Crippen molar-refractivity contribution in [1.82, 2.24) is 4.57 Å². The van der Waals surface area contributed by atoms with E-state index in [0.29, 0.717) is 12.1 Å². The number of nitrogens with one attached hydrogen (secondary N) is 1. The Morgan fingerprint density at radius 3 is 2.68 bits per heavy atom. The molecule has 3 nitrogen and oxygen atoms in total. The molecule has 1 aliphatic heterocycles. The Hall–Kier alpha value is -2.36. The van der Waals surface area contributed by atoms with Crippen molar-refractivity contribution in [2.45, 2.75) is 31.7 Å². The summed E-state index contributed by atoms with van der Waals surface area (Å²) >= 11 is 0. The number of carbonyl (C=O) groups is 1. The number of hydrogen-bond donors (Lipinski definition) is 1. The van der Waals surface area contributed by atoms with Gasteiger partial charge in [0.15, 0.2) is 0 Å². The summed E-state index contributed by atoms with van der Waals surface area (Å²) in [6.07, 6.45) is 4.75. The minimum Gasteiger partial charge on any atom is -0.342 e. The summed E-state index contributed by atoms with van der Waals surface area (Å²) in [5, 5.41) is 2.83. The van der Waals surface area contributed by atoms with Crippen LogP contribution < -0.4 is 5.32 Å². The summed E-state index contributed by atoms with van der Waals surface area (Å²) in [7, 11) is 0. The summed E-state index contributed by atoms with van der Waals surface area (Å²) in [5.74, 6) is -0.388. The van der Waals surface area contributed by atoms with Crippen molar-refractivity contribution in [1.29, 1.82) is 0 Å². The lowest BCUT2D eigenvalue weighted by Crippen LogP contribution is -2.31.